The minimum Gasteiger partial charge on any atom is -0.462 e. The summed E-state index contributed by atoms with van der Waals surface area (Å²) in [5.41, 5.74) is 0. The number of hydrogen-bond acceptors (Lipinski definition) is 6. The van der Waals surface area contributed by atoms with Gasteiger partial charge in [-0.2, -0.15) is 0 Å². The van der Waals surface area contributed by atoms with E-state index in [9.17, 15) is 14.4 Å². The van der Waals surface area contributed by atoms with Gasteiger partial charge in [0.05, 0.1) is 0 Å². The molecule has 0 aliphatic rings. The monoisotopic (exact) mass is 849 g/mol. The van der Waals surface area contributed by atoms with Crippen molar-refractivity contribution >= 4 is 17.9 Å². The largest absolute Gasteiger partial charge is 0.462 e. The van der Waals surface area contributed by atoms with Crippen LogP contribution in [0.15, 0.2) is 170 Å². The predicted molar refractivity (Wildman–Crippen MR) is 265 cm³/mol. The van der Waals surface area contributed by atoms with Crippen molar-refractivity contribution in [1.29, 1.82) is 0 Å². The highest BCUT2D eigenvalue weighted by Gasteiger charge is 2.19. The van der Waals surface area contributed by atoms with Crippen LogP contribution in [0.3, 0.4) is 0 Å². The van der Waals surface area contributed by atoms with Crippen LogP contribution in [0, 0.1) is 0 Å². The third-order valence-corrected chi connectivity index (χ3v) is 8.68. The van der Waals surface area contributed by atoms with Crippen LogP contribution in [0.2, 0.25) is 0 Å². The molecule has 1 atom stereocenters. The molecule has 0 aromatic rings. The summed E-state index contributed by atoms with van der Waals surface area (Å²) in [7, 11) is 0. The van der Waals surface area contributed by atoms with Gasteiger partial charge in [0, 0.05) is 19.3 Å². The van der Waals surface area contributed by atoms with Crippen LogP contribution in [-0.4, -0.2) is 37.2 Å². The van der Waals surface area contributed by atoms with Crippen molar-refractivity contribution in [3.05, 3.63) is 170 Å². The number of esters is 3. The first kappa shape index (κ1) is 56.8. The fraction of sp³-hybridized carbons (Fsp3) is 0.446. The summed E-state index contributed by atoms with van der Waals surface area (Å²) in [6, 6.07) is 0. The molecule has 0 saturated heterocycles. The van der Waals surface area contributed by atoms with Gasteiger partial charge >= 0.3 is 17.9 Å². The van der Waals surface area contributed by atoms with E-state index in [0.29, 0.717) is 19.3 Å². The van der Waals surface area contributed by atoms with E-state index in [0.717, 1.165) is 83.5 Å². The number of unbranched alkanes of at least 4 members (excludes halogenated alkanes) is 6. The van der Waals surface area contributed by atoms with Crippen LogP contribution in [0.1, 0.15) is 143 Å². The third-order valence-electron chi connectivity index (χ3n) is 8.68. The summed E-state index contributed by atoms with van der Waals surface area (Å²) in [6.07, 6.45) is 72.0. The number of hydrogen-bond donors (Lipinski definition) is 0. The zero-order valence-electron chi connectivity index (χ0n) is 38.5. The van der Waals surface area contributed by atoms with E-state index >= 15 is 0 Å². The molecule has 0 N–H and O–H groups in total. The molecule has 0 heterocycles. The van der Waals surface area contributed by atoms with Crippen molar-refractivity contribution in [1.82, 2.24) is 0 Å². The molecule has 0 aromatic heterocycles. The van der Waals surface area contributed by atoms with Gasteiger partial charge in [0.25, 0.3) is 0 Å². The highest BCUT2D eigenvalue weighted by atomic mass is 16.6. The quantitative estimate of drug-likeness (QED) is 0.0202. The van der Waals surface area contributed by atoms with E-state index in [1.54, 1.807) is 0 Å². The summed E-state index contributed by atoms with van der Waals surface area (Å²) in [4.78, 5) is 37.8. The van der Waals surface area contributed by atoms with Crippen LogP contribution < -0.4 is 0 Å². The maximum absolute atomic E-state index is 12.7. The number of carbonyl (C=O) groups excluding carboxylic acids is 3. The van der Waals surface area contributed by atoms with Gasteiger partial charge in [-0.15, -0.1) is 0 Å². The molecule has 340 valence electrons. The average molecular weight is 849 g/mol. The lowest BCUT2D eigenvalue weighted by atomic mass is 10.1. The minimum atomic E-state index is -0.855. The predicted octanol–water partition coefficient (Wildman–Crippen LogP) is 15.2. The molecule has 0 fully saturated rings. The standard InChI is InChI=1S/C56H80O6/c1-4-7-10-13-16-19-22-25-27-29-31-34-37-40-43-46-49-55(58)61-52-53(51-60-54(57)48-45-42-39-36-33-30-24-21-18-15-12-9-6-3)62-56(59)50-47-44-41-38-35-32-28-26-23-20-17-14-11-8-5-2/h7-12,14-21,23-28,30-35,40,43,53H,4-6,13,22,29,36-39,41-42,44-52H2,1-3H3/b10-7+,11-8+,12-9+,17-14+,18-15+,19-16+,23-20+,24-21+,27-25+,28-26+,33-30+,34-31+,35-32+,43-40+. The molecule has 0 aliphatic carbocycles. The van der Waals surface area contributed by atoms with Gasteiger partial charge in [-0.3, -0.25) is 14.4 Å². The zero-order chi connectivity index (χ0) is 45.1. The summed E-state index contributed by atoms with van der Waals surface area (Å²) >= 11 is 0. The van der Waals surface area contributed by atoms with E-state index in [2.05, 4.69) is 93.7 Å². The van der Waals surface area contributed by atoms with E-state index in [4.69, 9.17) is 14.2 Å². The normalized spacial score (nSPS) is 13.7. The SMILES string of the molecule is CC/C=C/C=C/C=C/C=C/C=C/CCCCCC(=O)OC(COC(=O)CC/C=C/C/C=C/C/C=C/C/C=C/C/C=C/CC)COC(=O)CCCCC/C=C/C=C/C=C/C=C/CC. The Hall–Kier alpha value is -5.23. The van der Waals surface area contributed by atoms with E-state index in [1.807, 2.05) is 97.2 Å². The first-order chi connectivity index (χ1) is 30.5. The Morgan fingerprint density at radius 3 is 1.13 bits per heavy atom. The van der Waals surface area contributed by atoms with Gasteiger partial charge in [-0.25, -0.2) is 0 Å². The second-order valence-corrected chi connectivity index (χ2v) is 14.4. The number of rotatable bonds is 38. The van der Waals surface area contributed by atoms with Crippen molar-refractivity contribution in [3.8, 4) is 0 Å². The fourth-order valence-electron chi connectivity index (χ4n) is 5.28. The van der Waals surface area contributed by atoms with Crippen molar-refractivity contribution < 1.29 is 28.6 Å². The lowest BCUT2D eigenvalue weighted by molar-refractivity contribution is -0.166. The number of carbonyl (C=O) groups is 3. The van der Waals surface area contributed by atoms with Gasteiger partial charge in [-0.05, 0) is 89.9 Å². The van der Waals surface area contributed by atoms with Gasteiger partial charge in [0.15, 0.2) is 6.10 Å². The van der Waals surface area contributed by atoms with Crippen molar-refractivity contribution in [3.63, 3.8) is 0 Å². The Kier molecular flexibility index (Phi) is 44.4. The molecular weight excluding hydrogens is 769 g/mol. The molecule has 6 heteroatoms. The molecular formula is C56H80O6. The van der Waals surface area contributed by atoms with Gasteiger partial charge in [0.2, 0.25) is 0 Å². The van der Waals surface area contributed by atoms with Crippen molar-refractivity contribution in [2.75, 3.05) is 13.2 Å². The topological polar surface area (TPSA) is 78.9 Å². The Bertz CT molecular complexity index is 1530. The lowest BCUT2D eigenvalue weighted by Crippen LogP contribution is -2.30. The lowest BCUT2D eigenvalue weighted by Gasteiger charge is -2.18. The molecule has 0 rings (SSSR count). The Morgan fingerprint density at radius 2 is 0.694 bits per heavy atom. The van der Waals surface area contributed by atoms with E-state index in [1.165, 1.54) is 0 Å². The molecule has 6 nitrogen and oxygen atoms in total. The molecule has 0 bridgehead atoms. The molecule has 0 radical (unpaired) electrons. The highest BCUT2D eigenvalue weighted by Crippen LogP contribution is 2.10. The highest BCUT2D eigenvalue weighted by molar-refractivity contribution is 5.71. The van der Waals surface area contributed by atoms with Crippen molar-refractivity contribution in [2.24, 2.45) is 0 Å². The fourth-order valence-corrected chi connectivity index (χ4v) is 5.28. The van der Waals surface area contributed by atoms with Gasteiger partial charge in [-0.1, -0.05) is 204 Å². The van der Waals surface area contributed by atoms with Crippen LogP contribution in [0.4, 0.5) is 0 Å². The molecule has 0 saturated carbocycles. The van der Waals surface area contributed by atoms with Crippen LogP contribution >= 0.6 is 0 Å². The van der Waals surface area contributed by atoms with Gasteiger partial charge < -0.3 is 14.2 Å². The Morgan fingerprint density at radius 1 is 0.339 bits per heavy atom. The Labute approximate surface area is 377 Å². The first-order valence-corrected chi connectivity index (χ1v) is 23.3. The first-order valence-electron chi connectivity index (χ1n) is 23.3. The minimum absolute atomic E-state index is 0.149. The summed E-state index contributed by atoms with van der Waals surface area (Å²) in [5, 5.41) is 0. The average Bonchev–Trinajstić information content (AvgIpc) is 3.27. The third kappa shape index (κ3) is 45.8. The molecule has 1 unspecified atom stereocenters. The number of allylic oxidation sites excluding steroid dienone is 28. The maximum atomic E-state index is 12.7. The van der Waals surface area contributed by atoms with Crippen molar-refractivity contribution in [2.45, 2.75) is 149 Å². The molecule has 0 aromatic carbocycles. The van der Waals surface area contributed by atoms with Crippen LogP contribution in [0.5, 0.6) is 0 Å². The second-order valence-electron chi connectivity index (χ2n) is 14.4. The van der Waals surface area contributed by atoms with E-state index < -0.39 is 12.1 Å². The van der Waals surface area contributed by atoms with Gasteiger partial charge in [0.1, 0.15) is 13.2 Å². The molecule has 0 spiro atoms. The Balaban J connectivity index is 4.70. The molecule has 0 amide bonds. The summed E-state index contributed by atoms with van der Waals surface area (Å²) in [6.45, 7) is 6.05. The summed E-state index contributed by atoms with van der Waals surface area (Å²) in [5.74, 6) is -1.13. The zero-order valence-corrected chi connectivity index (χ0v) is 38.5. The van der Waals surface area contributed by atoms with Crippen LogP contribution in [-0.2, 0) is 28.6 Å². The van der Waals surface area contributed by atoms with Crippen LogP contribution in [0.25, 0.3) is 0 Å². The molecule has 62 heavy (non-hydrogen) atoms. The smallest absolute Gasteiger partial charge is 0.306 e. The molecule has 0 aliphatic heterocycles. The summed E-state index contributed by atoms with van der Waals surface area (Å²) < 4.78 is 16.6. The van der Waals surface area contributed by atoms with E-state index in [-0.39, 0.29) is 44.4 Å². The second kappa shape index (κ2) is 48.4. The number of ether oxygens (including phenoxy) is 3. The maximum Gasteiger partial charge on any atom is 0.306 e.